The number of nitrogens with one attached hydrogen (secondary N) is 2. The van der Waals surface area contributed by atoms with Gasteiger partial charge < -0.3 is 10.6 Å². The number of rotatable bonds is 4. The molecule has 1 aliphatic rings. The SMILES string of the molecule is CC(C)(C)c1ncc(NC(=O)CCC2CCNC2)cn1. The average Bonchev–Trinajstić information content (AvgIpc) is 2.89. The van der Waals surface area contributed by atoms with Gasteiger partial charge in [0, 0.05) is 11.8 Å². The number of hydrogen-bond donors (Lipinski definition) is 2. The second kappa shape index (κ2) is 6.31. The molecule has 1 amide bonds. The molecule has 1 fully saturated rings. The molecule has 1 saturated heterocycles. The van der Waals surface area contributed by atoms with Gasteiger partial charge in [-0.25, -0.2) is 9.97 Å². The molecule has 0 aliphatic carbocycles. The number of amides is 1. The van der Waals surface area contributed by atoms with Crippen molar-refractivity contribution in [2.45, 2.75) is 45.4 Å². The third kappa shape index (κ3) is 4.27. The molecule has 5 nitrogen and oxygen atoms in total. The van der Waals surface area contributed by atoms with Crippen LogP contribution in [0.5, 0.6) is 0 Å². The van der Waals surface area contributed by atoms with Crippen molar-refractivity contribution in [1.82, 2.24) is 15.3 Å². The number of anilines is 1. The van der Waals surface area contributed by atoms with Gasteiger partial charge in [-0.05, 0) is 31.8 Å². The Morgan fingerprint density at radius 2 is 2.10 bits per heavy atom. The molecule has 2 heterocycles. The van der Waals surface area contributed by atoms with Gasteiger partial charge in [-0.1, -0.05) is 20.8 Å². The molecule has 2 rings (SSSR count). The predicted octanol–water partition coefficient (Wildman–Crippen LogP) is 2.10. The quantitative estimate of drug-likeness (QED) is 0.884. The number of aromatic nitrogens is 2. The van der Waals surface area contributed by atoms with E-state index in [0.717, 1.165) is 25.3 Å². The van der Waals surface area contributed by atoms with Crippen LogP contribution in [0.1, 0.15) is 45.9 Å². The van der Waals surface area contributed by atoms with Gasteiger partial charge in [-0.3, -0.25) is 4.79 Å². The Bertz CT molecular complexity index is 444. The summed E-state index contributed by atoms with van der Waals surface area (Å²) in [7, 11) is 0. The standard InChI is InChI=1S/C15H24N4O/c1-15(2,3)14-17-9-12(10-18-14)19-13(20)5-4-11-6-7-16-8-11/h9-11,16H,4-8H2,1-3H3,(H,19,20). The summed E-state index contributed by atoms with van der Waals surface area (Å²) in [5.41, 5.74) is 0.602. The highest BCUT2D eigenvalue weighted by Gasteiger charge is 2.18. The Morgan fingerprint density at radius 1 is 1.40 bits per heavy atom. The minimum Gasteiger partial charge on any atom is -0.323 e. The zero-order valence-electron chi connectivity index (χ0n) is 12.6. The first-order valence-corrected chi connectivity index (χ1v) is 7.28. The van der Waals surface area contributed by atoms with Crippen LogP contribution in [0.25, 0.3) is 0 Å². The van der Waals surface area contributed by atoms with Gasteiger partial charge in [0.15, 0.2) is 0 Å². The average molecular weight is 276 g/mol. The Hall–Kier alpha value is -1.49. The summed E-state index contributed by atoms with van der Waals surface area (Å²) in [5.74, 6) is 1.47. The van der Waals surface area contributed by atoms with E-state index in [9.17, 15) is 4.79 Å². The maximum absolute atomic E-state index is 11.9. The van der Waals surface area contributed by atoms with Crippen molar-refractivity contribution >= 4 is 11.6 Å². The lowest BCUT2D eigenvalue weighted by atomic mass is 9.96. The van der Waals surface area contributed by atoms with E-state index in [1.807, 2.05) is 0 Å². The van der Waals surface area contributed by atoms with Gasteiger partial charge in [0.2, 0.25) is 5.91 Å². The first-order valence-electron chi connectivity index (χ1n) is 7.28. The van der Waals surface area contributed by atoms with Gasteiger partial charge in [-0.15, -0.1) is 0 Å². The van der Waals surface area contributed by atoms with E-state index in [-0.39, 0.29) is 11.3 Å². The van der Waals surface area contributed by atoms with Crippen molar-refractivity contribution in [2.24, 2.45) is 5.92 Å². The largest absolute Gasteiger partial charge is 0.323 e. The van der Waals surface area contributed by atoms with E-state index in [0.29, 0.717) is 18.0 Å². The molecular weight excluding hydrogens is 252 g/mol. The van der Waals surface area contributed by atoms with Gasteiger partial charge in [-0.2, -0.15) is 0 Å². The fourth-order valence-corrected chi connectivity index (χ4v) is 2.30. The molecular formula is C15H24N4O. The summed E-state index contributed by atoms with van der Waals surface area (Å²) < 4.78 is 0. The zero-order chi connectivity index (χ0) is 14.6. The third-order valence-electron chi connectivity index (χ3n) is 3.55. The van der Waals surface area contributed by atoms with Crippen molar-refractivity contribution in [3.05, 3.63) is 18.2 Å². The smallest absolute Gasteiger partial charge is 0.224 e. The van der Waals surface area contributed by atoms with Crippen molar-refractivity contribution < 1.29 is 4.79 Å². The van der Waals surface area contributed by atoms with Crippen LogP contribution in [0.3, 0.4) is 0 Å². The molecule has 0 spiro atoms. The van der Waals surface area contributed by atoms with Crippen molar-refractivity contribution in [3.63, 3.8) is 0 Å². The molecule has 0 bridgehead atoms. The Labute approximate surface area is 120 Å². The van der Waals surface area contributed by atoms with Gasteiger partial charge in [0.05, 0.1) is 18.1 Å². The molecule has 1 unspecified atom stereocenters. The number of carbonyl (C=O) groups excluding carboxylic acids is 1. The van der Waals surface area contributed by atoms with Crippen molar-refractivity contribution in [3.8, 4) is 0 Å². The van der Waals surface area contributed by atoms with Gasteiger partial charge in [0.25, 0.3) is 0 Å². The van der Waals surface area contributed by atoms with Crippen LogP contribution < -0.4 is 10.6 Å². The summed E-state index contributed by atoms with van der Waals surface area (Å²) in [6.45, 7) is 8.31. The molecule has 1 aromatic heterocycles. The Morgan fingerprint density at radius 3 is 2.65 bits per heavy atom. The summed E-state index contributed by atoms with van der Waals surface area (Å²) in [6, 6.07) is 0. The topological polar surface area (TPSA) is 66.9 Å². The van der Waals surface area contributed by atoms with Crippen molar-refractivity contribution in [1.29, 1.82) is 0 Å². The van der Waals surface area contributed by atoms with Crippen LogP contribution >= 0.6 is 0 Å². The van der Waals surface area contributed by atoms with Crippen LogP contribution in [0.2, 0.25) is 0 Å². The summed E-state index contributed by atoms with van der Waals surface area (Å²) in [5, 5.41) is 6.17. The van der Waals surface area contributed by atoms with Crippen LogP contribution in [0.4, 0.5) is 5.69 Å². The summed E-state index contributed by atoms with van der Waals surface area (Å²) >= 11 is 0. The van der Waals surface area contributed by atoms with E-state index in [4.69, 9.17) is 0 Å². The normalized spacial score (nSPS) is 19.1. The van der Waals surface area contributed by atoms with E-state index in [1.165, 1.54) is 6.42 Å². The molecule has 110 valence electrons. The van der Waals surface area contributed by atoms with Crippen LogP contribution in [-0.4, -0.2) is 29.0 Å². The van der Waals surface area contributed by atoms with E-state index in [1.54, 1.807) is 12.4 Å². The highest BCUT2D eigenvalue weighted by Crippen LogP contribution is 2.18. The molecule has 0 radical (unpaired) electrons. The lowest BCUT2D eigenvalue weighted by Crippen LogP contribution is -2.18. The lowest BCUT2D eigenvalue weighted by molar-refractivity contribution is -0.116. The molecule has 20 heavy (non-hydrogen) atoms. The molecule has 1 atom stereocenters. The fraction of sp³-hybridized carbons (Fsp3) is 0.667. The third-order valence-corrected chi connectivity index (χ3v) is 3.55. The highest BCUT2D eigenvalue weighted by molar-refractivity contribution is 5.90. The highest BCUT2D eigenvalue weighted by atomic mass is 16.1. The van der Waals surface area contributed by atoms with Crippen LogP contribution in [-0.2, 0) is 10.2 Å². The maximum atomic E-state index is 11.9. The first-order chi connectivity index (χ1) is 9.45. The Balaban J connectivity index is 1.81. The number of hydrogen-bond acceptors (Lipinski definition) is 4. The first kappa shape index (κ1) is 14.9. The summed E-state index contributed by atoms with van der Waals surface area (Å²) in [4.78, 5) is 20.5. The summed E-state index contributed by atoms with van der Waals surface area (Å²) in [6.07, 6.45) is 6.05. The number of carbonyl (C=O) groups is 1. The molecule has 1 aliphatic heterocycles. The Kier molecular flexibility index (Phi) is 4.70. The lowest BCUT2D eigenvalue weighted by Gasteiger charge is -2.16. The fourth-order valence-electron chi connectivity index (χ4n) is 2.30. The van der Waals surface area contributed by atoms with E-state index in [2.05, 4.69) is 41.4 Å². The zero-order valence-corrected chi connectivity index (χ0v) is 12.6. The van der Waals surface area contributed by atoms with E-state index < -0.39 is 0 Å². The van der Waals surface area contributed by atoms with Crippen LogP contribution in [0.15, 0.2) is 12.4 Å². The second-order valence-electron chi connectivity index (χ2n) is 6.49. The van der Waals surface area contributed by atoms with E-state index >= 15 is 0 Å². The predicted molar refractivity (Wildman–Crippen MR) is 79.6 cm³/mol. The molecule has 5 heteroatoms. The number of nitrogens with zero attached hydrogens (tertiary/aromatic N) is 2. The monoisotopic (exact) mass is 276 g/mol. The molecule has 1 aromatic rings. The minimum absolute atomic E-state index is 0.0454. The van der Waals surface area contributed by atoms with Crippen LogP contribution in [0, 0.1) is 5.92 Å². The van der Waals surface area contributed by atoms with Crippen molar-refractivity contribution in [2.75, 3.05) is 18.4 Å². The van der Waals surface area contributed by atoms with Gasteiger partial charge >= 0.3 is 0 Å². The molecule has 2 N–H and O–H groups in total. The molecule has 0 saturated carbocycles. The minimum atomic E-state index is -0.0714. The van der Waals surface area contributed by atoms with Gasteiger partial charge in [0.1, 0.15) is 5.82 Å². The maximum Gasteiger partial charge on any atom is 0.224 e. The second-order valence-corrected chi connectivity index (χ2v) is 6.49. The molecule has 0 aromatic carbocycles.